The van der Waals surface area contributed by atoms with E-state index in [1.165, 1.54) is 12.8 Å². The maximum Gasteiger partial charge on any atom is 0.306 e. The van der Waals surface area contributed by atoms with Gasteiger partial charge in [-0.15, -0.1) is 0 Å². The standard InChI is InChI=1S/C27H49NO6/c1-5-6-7-8-9-10-11-12-13-14-18-28(19-15-22(2)25(29)30,20-16-23(3)26(31)32)21-17-24(4)27(33)34/h8-9,22-24H,5-7,10-21H2,1-4H3,(H2-,29,30,31,32,33,34)/b9-8+. The van der Waals surface area contributed by atoms with Crippen LogP contribution in [0.25, 0.3) is 0 Å². The Morgan fingerprint density at radius 2 is 1.15 bits per heavy atom. The van der Waals surface area contributed by atoms with Crippen molar-refractivity contribution in [3.05, 3.63) is 12.2 Å². The van der Waals surface area contributed by atoms with Crippen molar-refractivity contribution in [3.63, 3.8) is 0 Å². The molecule has 0 bridgehead atoms. The van der Waals surface area contributed by atoms with Crippen LogP contribution in [-0.4, -0.2) is 58.8 Å². The van der Waals surface area contributed by atoms with E-state index in [2.05, 4.69) is 19.1 Å². The molecular formula is C27H49NO6. The van der Waals surface area contributed by atoms with Crippen LogP contribution < -0.4 is 5.11 Å². The number of nitrogens with zero attached hydrogens (tertiary/aromatic N) is 1. The summed E-state index contributed by atoms with van der Waals surface area (Å²) < 4.78 is 0.573. The monoisotopic (exact) mass is 483 g/mol. The number of aliphatic carboxylic acids is 3. The lowest BCUT2D eigenvalue weighted by Gasteiger charge is -2.41. The largest absolute Gasteiger partial charge is 0.550 e. The number of quaternary nitrogens is 1. The summed E-state index contributed by atoms with van der Waals surface area (Å²) in [6.07, 6.45) is 14.9. The summed E-state index contributed by atoms with van der Waals surface area (Å²) >= 11 is 0. The average molecular weight is 484 g/mol. The van der Waals surface area contributed by atoms with Gasteiger partial charge in [-0.2, -0.15) is 0 Å². The Morgan fingerprint density at radius 1 is 0.706 bits per heavy atom. The molecule has 0 aromatic carbocycles. The highest BCUT2D eigenvalue weighted by atomic mass is 16.4. The minimum absolute atomic E-state index is 0.438. The molecule has 0 amide bonds. The lowest BCUT2D eigenvalue weighted by molar-refractivity contribution is -0.929. The SMILES string of the molecule is CCCC/C=C/CCCCCC[N+](CCC(C)C(=O)[O-])(CCC(C)C(=O)O)CCC(C)C(=O)O. The Hall–Kier alpha value is -1.89. The Labute approximate surface area is 206 Å². The molecule has 3 atom stereocenters. The second-order valence-corrected chi connectivity index (χ2v) is 10.1. The molecule has 0 heterocycles. The van der Waals surface area contributed by atoms with Crippen molar-refractivity contribution in [1.29, 1.82) is 0 Å². The third kappa shape index (κ3) is 15.1. The molecule has 0 saturated carbocycles. The number of hydrogen-bond donors (Lipinski definition) is 2. The highest BCUT2D eigenvalue weighted by Gasteiger charge is 2.30. The van der Waals surface area contributed by atoms with Crippen molar-refractivity contribution in [3.8, 4) is 0 Å². The van der Waals surface area contributed by atoms with Gasteiger partial charge in [-0.05, 0) is 32.1 Å². The average Bonchev–Trinajstić information content (AvgIpc) is 2.79. The lowest BCUT2D eigenvalue weighted by atomic mass is 10.0. The van der Waals surface area contributed by atoms with Gasteiger partial charge in [-0.25, -0.2) is 0 Å². The number of carbonyl (C=O) groups excluding carboxylic acids is 1. The van der Waals surface area contributed by atoms with E-state index in [9.17, 15) is 29.7 Å². The first-order valence-corrected chi connectivity index (χ1v) is 13.2. The van der Waals surface area contributed by atoms with E-state index >= 15 is 0 Å². The molecule has 0 radical (unpaired) electrons. The number of allylic oxidation sites excluding steroid dienone is 2. The minimum Gasteiger partial charge on any atom is -0.550 e. The van der Waals surface area contributed by atoms with Gasteiger partial charge in [0.2, 0.25) is 0 Å². The zero-order chi connectivity index (χ0) is 26.0. The molecule has 0 fully saturated rings. The van der Waals surface area contributed by atoms with Crippen LogP contribution in [0, 0.1) is 17.8 Å². The number of unbranched alkanes of at least 4 members (excludes halogenated alkanes) is 6. The highest BCUT2D eigenvalue weighted by molar-refractivity contribution is 5.69. The maximum absolute atomic E-state index is 11.4. The molecule has 0 aromatic heterocycles. The van der Waals surface area contributed by atoms with Crippen LogP contribution >= 0.6 is 0 Å². The molecular weight excluding hydrogens is 434 g/mol. The zero-order valence-electron chi connectivity index (χ0n) is 22.0. The van der Waals surface area contributed by atoms with E-state index in [-0.39, 0.29) is 0 Å². The predicted octanol–water partition coefficient (Wildman–Crippen LogP) is 4.50. The first-order valence-electron chi connectivity index (χ1n) is 13.2. The third-order valence-electron chi connectivity index (χ3n) is 7.00. The molecule has 7 nitrogen and oxygen atoms in total. The Balaban J connectivity index is 5.11. The van der Waals surface area contributed by atoms with Crippen molar-refractivity contribution < 1.29 is 34.2 Å². The molecule has 0 aliphatic heterocycles. The van der Waals surface area contributed by atoms with E-state index < -0.39 is 35.7 Å². The number of hydrogen-bond acceptors (Lipinski definition) is 4. The van der Waals surface area contributed by atoms with Gasteiger partial charge in [0.1, 0.15) is 0 Å². The van der Waals surface area contributed by atoms with Gasteiger partial charge in [0.25, 0.3) is 0 Å². The van der Waals surface area contributed by atoms with Crippen LogP contribution in [0.2, 0.25) is 0 Å². The van der Waals surface area contributed by atoms with Crippen LogP contribution in [0.1, 0.15) is 98.3 Å². The maximum atomic E-state index is 11.4. The summed E-state index contributed by atoms with van der Waals surface area (Å²) in [5, 5.41) is 30.0. The normalized spacial score (nSPS) is 16.1. The zero-order valence-corrected chi connectivity index (χ0v) is 22.0. The number of carboxylic acid groups (broad SMARTS) is 3. The number of carbonyl (C=O) groups is 3. The highest BCUT2D eigenvalue weighted by Crippen LogP contribution is 2.21. The summed E-state index contributed by atoms with van der Waals surface area (Å²) in [6, 6.07) is 0. The second-order valence-electron chi connectivity index (χ2n) is 10.1. The molecule has 2 N–H and O–H groups in total. The van der Waals surface area contributed by atoms with Gasteiger partial charge in [0, 0.05) is 31.1 Å². The van der Waals surface area contributed by atoms with Gasteiger partial charge in [-0.1, -0.05) is 59.1 Å². The van der Waals surface area contributed by atoms with Gasteiger partial charge in [0.05, 0.1) is 38.0 Å². The van der Waals surface area contributed by atoms with E-state index in [1.807, 2.05) is 0 Å². The van der Waals surface area contributed by atoms with Crippen molar-refractivity contribution in [2.45, 2.75) is 98.3 Å². The molecule has 198 valence electrons. The molecule has 3 unspecified atom stereocenters. The van der Waals surface area contributed by atoms with Gasteiger partial charge in [0.15, 0.2) is 0 Å². The minimum atomic E-state index is -1.08. The first-order chi connectivity index (χ1) is 16.0. The Bertz CT molecular complexity index is 558. The Morgan fingerprint density at radius 3 is 1.59 bits per heavy atom. The summed E-state index contributed by atoms with van der Waals surface area (Å²) in [4.78, 5) is 34.1. The fourth-order valence-electron chi connectivity index (χ4n) is 4.06. The van der Waals surface area contributed by atoms with E-state index in [0.29, 0.717) is 43.4 Å². The molecule has 34 heavy (non-hydrogen) atoms. The molecule has 7 heteroatoms. The lowest BCUT2D eigenvalue weighted by Crippen LogP contribution is -2.52. The van der Waals surface area contributed by atoms with Crippen molar-refractivity contribution in [1.82, 2.24) is 0 Å². The molecule has 0 rings (SSSR count). The van der Waals surface area contributed by atoms with E-state index in [0.717, 1.165) is 45.1 Å². The van der Waals surface area contributed by atoms with E-state index in [1.54, 1.807) is 20.8 Å². The van der Waals surface area contributed by atoms with Gasteiger partial charge >= 0.3 is 11.9 Å². The second kappa shape index (κ2) is 18.4. The fraction of sp³-hybridized carbons (Fsp3) is 0.815. The predicted molar refractivity (Wildman–Crippen MR) is 133 cm³/mol. The van der Waals surface area contributed by atoms with E-state index in [4.69, 9.17) is 0 Å². The van der Waals surface area contributed by atoms with Crippen molar-refractivity contribution in [2.24, 2.45) is 17.8 Å². The molecule has 0 saturated heterocycles. The molecule has 0 spiro atoms. The number of carboxylic acids is 3. The van der Waals surface area contributed by atoms with Crippen LogP contribution in [-0.2, 0) is 14.4 Å². The molecule has 0 aliphatic carbocycles. The third-order valence-corrected chi connectivity index (χ3v) is 7.00. The van der Waals surface area contributed by atoms with Crippen LogP contribution in [0.15, 0.2) is 12.2 Å². The topological polar surface area (TPSA) is 115 Å². The first kappa shape index (κ1) is 32.1. The smallest absolute Gasteiger partial charge is 0.306 e. The number of rotatable bonds is 22. The summed E-state index contributed by atoms with van der Waals surface area (Å²) in [5.74, 6) is -4.34. The summed E-state index contributed by atoms with van der Waals surface area (Å²) in [6.45, 7) is 9.83. The van der Waals surface area contributed by atoms with Crippen molar-refractivity contribution >= 4 is 17.9 Å². The van der Waals surface area contributed by atoms with Crippen LogP contribution in [0.3, 0.4) is 0 Å². The fourth-order valence-corrected chi connectivity index (χ4v) is 4.06. The van der Waals surface area contributed by atoms with Crippen LogP contribution in [0.5, 0.6) is 0 Å². The summed E-state index contributed by atoms with van der Waals surface area (Å²) in [5.41, 5.74) is 0. The molecule has 0 aromatic rings. The Kier molecular flexibility index (Phi) is 17.4. The van der Waals surface area contributed by atoms with Gasteiger partial charge < -0.3 is 24.6 Å². The quantitative estimate of drug-likeness (QED) is 0.133. The van der Waals surface area contributed by atoms with Crippen molar-refractivity contribution in [2.75, 3.05) is 26.2 Å². The van der Waals surface area contributed by atoms with Gasteiger partial charge in [-0.3, -0.25) is 9.59 Å². The summed E-state index contributed by atoms with van der Waals surface area (Å²) in [7, 11) is 0. The molecule has 0 aliphatic rings. The van der Waals surface area contributed by atoms with Crippen LogP contribution in [0.4, 0.5) is 0 Å².